The highest BCUT2D eigenvalue weighted by molar-refractivity contribution is 6.39. The molecular formula is C17H27N5O3. The van der Waals surface area contributed by atoms with Crippen molar-refractivity contribution in [2.75, 3.05) is 45.8 Å². The van der Waals surface area contributed by atoms with Gasteiger partial charge in [0.15, 0.2) is 0 Å². The van der Waals surface area contributed by atoms with E-state index in [0.29, 0.717) is 38.1 Å². The van der Waals surface area contributed by atoms with Crippen molar-refractivity contribution in [3.05, 3.63) is 0 Å². The van der Waals surface area contributed by atoms with Gasteiger partial charge in [-0.1, -0.05) is 0 Å². The zero-order chi connectivity index (χ0) is 17.6. The number of likely N-dealkylation sites (tertiary alicyclic amines) is 1. The fourth-order valence-corrected chi connectivity index (χ4v) is 3.54. The summed E-state index contributed by atoms with van der Waals surface area (Å²) in [7, 11) is 0. The molecule has 25 heavy (non-hydrogen) atoms. The molecular weight excluding hydrogens is 322 g/mol. The van der Waals surface area contributed by atoms with Crippen LogP contribution in [0.1, 0.15) is 38.5 Å². The number of carbonyl (C=O) groups is 3. The molecule has 3 aliphatic rings. The maximum Gasteiger partial charge on any atom is 0.270 e. The van der Waals surface area contributed by atoms with Crippen LogP contribution in [-0.4, -0.2) is 83.9 Å². The van der Waals surface area contributed by atoms with Gasteiger partial charge in [-0.3, -0.25) is 19.3 Å². The van der Waals surface area contributed by atoms with Crippen molar-refractivity contribution in [1.29, 1.82) is 0 Å². The monoisotopic (exact) mass is 349 g/mol. The molecule has 0 spiro atoms. The lowest BCUT2D eigenvalue weighted by Crippen LogP contribution is -2.51. The molecule has 1 N–H and O–H groups in total. The van der Waals surface area contributed by atoms with Gasteiger partial charge < -0.3 is 9.80 Å². The van der Waals surface area contributed by atoms with Gasteiger partial charge in [-0.2, -0.15) is 5.10 Å². The highest BCUT2D eigenvalue weighted by atomic mass is 16.2. The third-order valence-electron chi connectivity index (χ3n) is 5.16. The Morgan fingerprint density at radius 2 is 1.64 bits per heavy atom. The molecule has 0 aromatic rings. The molecule has 0 aromatic heterocycles. The second-order valence-corrected chi connectivity index (χ2v) is 6.92. The van der Waals surface area contributed by atoms with Crippen molar-refractivity contribution in [2.45, 2.75) is 38.5 Å². The zero-order valence-corrected chi connectivity index (χ0v) is 14.7. The highest BCUT2D eigenvalue weighted by Crippen LogP contribution is 2.11. The van der Waals surface area contributed by atoms with Crippen LogP contribution in [0.5, 0.6) is 0 Å². The molecule has 3 rings (SSSR count). The Morgan fingerprint density at radius 3 is 2.28 bits per heavy atom. The van der Waals surface area contributed by atoms with Crippen molar-refractivity contribution in [2.24, 2.45) is 5.10 Å². The summed E-state index contributed by atoms with van der Waals surface area (Å²) in [4.78, 5) is 41.8. The van der Waals surface area contributed by atoms with Crippen molar-refractivity contribution >= 4 is 23.4 Å². The Balaban J connectivity index is 1.39. The number of hydrogen-bond donors (Lipinski definition) is 1. The van der Waals surface area contributed by atoms with Crippen LogP contribution in [0.25, 0.3) is 0 Å². The van der Waals surface area contributed by atoms with Gasteiger partial charge in [0.25, 0.3) is 5.91 Å². The molecule has 0 radical (unpaired) electrons. The number of carbonyl (C=O) groups excluding carboxylic acids is 3. The standard InChI is InChI=1S/C17H27N5O3/c23-15-5-4-14(18-19-15)17(25)22-12-10-20(11-13-22)9-6-16(24)21-7-2-1-3-8-21/h1-13H2,(H,19,23). The van der Waals surface area contributed by atoms with Gasteiger partial charge in [0.2, 0.25) is 11.8 Å². The number of piperidine rings is 1. The maximum absolute atomic E-state index is 12.4. The maximum atomic E-state index is 12.4. The lowest BCUT2D eigenvalue weighted by atomic mass is 10.1. The largest absolute Gasteiger partial charge is 0.343 e. The molecule has 0 bridgehead atoms. The minimum absolute atomic E-state index is 0.0796. The van der Waals surface area contributed by atoms with E-state index in [-0.39, 0.29) is 17.7 Å². The van der Waals surface area contributed by atoms with Crippen LogP contribution in [-0.2, 0) is 14.4 Å². The number of amides is 3. The highest BCUT2D eigenvalue weighted by Gasteiger charge is 2.27. The molecule has 0 aliphatic carbocycles. The molecule has 0 aromatic carbocycles. The second kappa shape index (κ2) is 8.42. The summed E-state index contributed by atoms with van der Waals surface area (Å²) in [6, 6.07) is 0. The SMILES string of the molecule is O=C1CCC(C(=O)N2CCN(CCC(=O)N3CCCCC3)CC2)=NN1. The summed E-state index contributed by atoms with van der Waals surface area (Å²) < 4.78 is 0. The van der Waals surface area contributed by atoms with Gasteiger partial charge >= 0.3 is 0 Å². The number of hydrogen-bond acceptors (Lipinski definition) is 5. The molecule has 0 saturated carbocycles. The minimum atomic E-state index is -0.139. The Bertz CT molecular complexity index is 548. The van der Waals surface area contributed by atoms with E-state index < -0.39 is 0 Å². The van der Waals surface area contributed by atoms with Gasteiger partial charge in [-0.25, -0.2) is 5.43 Å². The van der Waals surface area contributed by atoms with Crippen LogP contribution in [0.3, 0.4) is 0 Å². The predicted molar refractivity (Wildman–Crippen MR) is 92.9 cm³/mol. The van der Waals surface area contributed by atoms with Gasteiger partial charge in [0.1, 0.15) is 5.71 Å². The average Bonchev–Trinajstić information content (AvgIpc) is 2.67. The molecule has 2 fully saturated rings. The summed E-state index contributed by atoms with van der Waals surface area (Å²) in [6.45, 7) is 5.40. The summed E-state index contributed by atoms with van der Waals surface area (Å²) in [5.41, 5.74) is 2.81. The minimum Gasteiger partial charge on any atom is -0.343 e. The quantitative estimate of drug-likeness (QED) is 0.762. The number of piperazine rings is 1. The predicted octanol–water partition coefficient (Wildman–Crippen LogP) is -0.201. The summed E-state index contributed by atoms with van der Waals surface area (Å²) >= 11 is 0. The number of rotatable bonds is 4. The Hall–Kier alpha value is -1.96. The first kappa shape index (κ1) is 17.8. The number of nitrogens with one attached hydrogen (secondary N) is 1. The Kier molecular flexibility index (Phi) is 6.01. The summed E-state index contributed by atoms with van der Waals surface area (Å²) in [6.07, 6.45) is 4.77. The summed E-state index contributed by atoms with van der Waals surface area (Å²) in [5, 5.41) is 3.88. The van der Waals surface area contributed by atoms with Gasteiger partial charge in [0.05, 0.1) is 0 Å². The smallest absolute Gasteiger partial charge is 0.270 e. The van der Waals surface area contributed by atoms with E-state index in [1.807, 2.05) is 4.90 Å². The van der Waals surface area contributed by atoms with E-state index in [4.69, 9.17) is 0 Å². The number of nitrogens with zero attached hydrogens (tertiary/aromatic N) is 4. The Morgan fingerprint density at radius 1 is 0.920 bits per heavy atom. The van der Waals surface area contributed by atoms with Gasteiger partial charge in [-0.15, -0.1) is 0 Å². The van der Waals surface area contributed by atoms with Crippen molar-refractivity contribution in [3.63, 3.8) is 0 Å². The first-order chi connectivity index (χ1) is 12.1. The topological polar surface area (TPSA) is 85.3 Å². The van der Waals surface area contributed by atoms with Crippen LogP contribution in [0, 0.1) is 0 Å². The first-order valence-electron chi connectivity index (χ1n) is 9.28. The molecule has 0 atom stereocenters. The van der Waals surface area contributed by atoms with Crippen molar-refractivity contribution in [3.8, 4) is 0 Å². The summed E-state index contributed by atoms with van der Waals surface area (Å²) in [5.74, 6) is 0.0364. The molecule has 3 aliphatic heterocycles. The fraction of sp³-hybridized carbons (Fsp3) is 0.765. The molecule has 3 heterocycles. The fourth-order valence-electron chi connectivity index (χ4n) is 3.54. The third-order valence-corrected chi connectivity index (χ3v) is 5.16. The number of hydrazone groups is 1. The van der Waals surface area contributed by atoms with E-state index in [0.717, 1.165) is 45.6 Å². The molecule has 3 amide bonds. The van der Waals surface area contributed by atoms with E-state index in [9.17, 15) is 14.4 Å². The van der Waals surface area contributed by atoms with Gasteiger partial charge in [0, 0.05) is 65.1 Å². The zero-order valence-electron chi connectivity index (χ0n) is 14.7. The Labute approximate surface area is 148 Å². The molecule has 2 saturated heterocycles. The van der Waals surface area contributed by atoms with E-state index in [1.165, 1.54) is 6.42 Å². The van der Waals surface area contributed by atoms with Crippen molar-refractivity contribution < 1.29 is 14.4 Å². The molecule has 8 nitrogen and oxygen atoms in total. The van der Waals surface area contributed by atoms with E-state index in [2.05, 4.69) is 15.4 Å². The molecule has 138 valence electrons. The first-order valence-corrected chi connectivity index (χ1v) is 9.28. The van der Waals surface area contributed by atoms with E-state index >= 15 is 0 Å². The van der Waals surface area contributed by atoms with Crippen molar-refractivity contribution in [1.82, 2.24) is 20.1 Å². The van der Waals surface area contributed by atoms with E-state index in [1.54, 1.807) is 4.90 Å². The van der Waals surface area contributed by atoms with Crippen LogP contribution < -0.4 is 5.43 Å². The molecule has 8 heteroatoms. The normalized spacial score (nSPS) is 22.4. The third kappa shape index (κ3) is 4.78. The van der Waals surface area contributed by atoms with Crippen LogP contribution in [0.2, 0.25) is 0 Å². The van der Waals surface area contributed by atoms with Crippen LogP contribution >= 0.6 is 0 Å². The van der Waals surface area contributed by atoms with Crippen LogP contribution in [0.15, 0.2) is 5.10 Å². The second-order valence-electron chi connectivity index (χ2n) is 6.92. The average molecular weight is 349 g/mol. The van der Waals surface area contributed by atoms with Crippen LogP contribution in [0.4, 0.5) is 0 Å². The molecule has 0 unspecified atom stereocenters. The van der Waals surface area contributed by atoms with Gasteiger partial charge in [-0.05, 0) is 19.3 Å². The lowest BCUT2D eigenvalue weighted by molar-refractivity contribution is -0.133. The lowest BCUT2D eigenvalue weighted by Gasteiger charge is -2.35.